The molecule has 1 aliphatic rings. The van der Waals surface area contributed by atoms with Crippen LogP contribution in [0.4, 0.5) is 10.5 Å². The fraction of sp³-hybridized carbons (Fsp3) is 0.562. The summed E-state index contributed by atoms with van der Waals surface area (Å²) in [6.45, 7) is 7.14. The van der Waals surface area contributed by atoms with Crippen molar-refractivity contribution in [3.05, 3.63) is 28.7 Å². The minimum absolute atomic E-state index is 0.218. The van der Waals surface area contributed by atoms with Crippen LogP contribution in [0.5, 0.6) is 0 Å². The fourth-order valence-electron chi connectivity index (χ4n) is 2.37. The van der Waals surface area contributed by atoms with Crippen molar-refractivity contribution < 1.29 is 9.53 Å². The number of benzene rings is 1. The Kier molecular flexibility index (Phi) is 5.14. The molecule has 0 bridgehead atoms. The monoisotopic (exact) mass is 354 g/mol. The van der Waals surface area contributed by atoms with Crippen LogP contribution in [0.15, 0.2) is 28.7 Å². The van der Waals surface area contributed by atoms with Crippen LogP contribution in [0.25, 0.3) is 0 Å². The topological polar surface area (TPSA) is 41.6 Å². The van der Waals surface area contributed by atoms with Gasteiger partial charge in [0.1, 0.15) is 5.60 Å². The first-order valence-corrected chi connectivity index (χ1v) is 8.13. The number of hydrogen-bond acceptors (Lipinski definition) is 3. The third kappa shape index (κ3) is 5.23. The van der Waals surface area contributed by atoms with Gasteiger partial charge in [0.05, 0.1) is 0 Å². The summed E-state index contributed by atoms with van der Waals surface area (Å²) in [5.74, 6) is 0. The number of nitrogens with one attached hydrogen (secondary N) is 1. The first-order chi connectivity index (χ1) is 9.83. The third-order valence-corrected chi connectivity index (χ3v) is 3.82. The molecule has 21 heavy (non-hydrogen) atoms. The summed E-state index contributed by atoms with van der Waals surface area (Å²) in [6, 6.07) is 8.37. The SMILES string of the molecule is CC(C)(C)OC(=O)N1CCC[C@@H](Nc2ccc(Br)cc2)C1. The Hall–Kier alpha value is -1.23. The van der Waals surface area contributed by atoms with Crippen molar-refractivity contribution in [2.24, 2.45) is 0 Å². The lowest BCUT2D eigenvalue weighted by molar-refractivity contribution is 0.0206. The lowest BCUT2D eigenvalue weighted by Crippen LogP contribution is -2.46. The number of carbonyl (C=O) groups excluding carboxylic acids is 1. The minimum Gasteiger partial charge on any atom is -0.444 e. The van der Waals surface area contributed by atoms with Crippen LogP contribution >= 0.6 is 15.9 Å². The van der Waals surface area contributed by atoms with Crippen molar-refractivity contribution in [3.8, 4) is 0 Å². The molecule has 0 radical (unpaired) electrons. The van der Waals surface area contributed by atoms with E-state index in [1.165, 1.54) is 0 Å². The minimum atomic E-state index is -0.441. The summed E-state index contributed by atoms with van der Waals surface area (Å²) in [7, 11) is 0. The van der Waals surface area contributed by atoms with Crippen molar-refractivity contribution >= 4 is 27.7 Å². The van der Waals surface area contributed by atoms with Gasteiger partial charge in [-0.25, -0.2) is 4.79 Å². The van der Waals surface area contributed by atoms with Crippen LogP contribution in [-0.2, 0) is 4.74 Å². The smallest absolute Gasteiger partial charge is 0.410 e. The molecule has 116 valence electrons. The molecule has 1 aromatic rings. The highest BCUT2D eigenvalue weighted by molar-refractivity contribution is 9.10. The van der Waals surface area contributed by atoms with E-state index in [9.17, 15) is 4.79 Å². The van der Waals surface area contributed by atoms with E-state index >= 15 is 0 Å². The molecule has 0 saturated carbocycles. The molecule has 1 amide bonds. The molecule has 1 aliphatic heterocycles. The average molecular weight is 355 g/mol. The van der Waals surface area contributed by atoms with Gasteiger partial charge in [-0.3, -0.25) is 0 Å². The van der Waals surface area contributed by atoms with Gasteiger partial charge in [0.2, 0.25) is 0 Å². The summed E-state index contributed by atoms with van der Waals surface area (Å²) >= 11 is 3.43. The summed E-state index contributed by atoms with van der Waals surface area (Å²) in [5.41, 5.74) is 0.637. The number of amides is 1. The van der Waals surface area contributed by atoms with E-state index in [4.69, 9.17) is 4.74 Å². The number of piperidine rings is 1. The molecule has 0 spiro atoms. The van der Waals surface area contributed by atoms with Gasteiger partial charge in [-0.2, -0.15) is 0 Å². The predicted octanol–water partition coefficient (Wildman–Crippen LogP) is 4.26. The van der Waals surface area contributed by atoms with Crippen LogP contribution < -0.4 is 5.32 Å². The molecule has 0 unspecified atom stereocenters. The maximum atomic E-state index is 12.1. The Morgan fingerprint density at radius 1 is 1.33 bits per heavy atom. The maximum absolute atomic E-state index is 12.1. The fourth-order valence-corrected chi connectivity index (χ4v) is 2.63. The molecule has 1 N–H and O–H groups in total. The second kappa shape index (κ2) is 6.69. The van der Waals surface area contributed by atoms with Crippen LogP contribution in [-0.4, -0.2) is 35.7 Å². The molecule has 0 aromatic heterocycles. The molecule has 1 fully saturated rings. The molecule has 4 nitrogen and oxygen atoms in total. The molecule has 1 heterocycles. The van der Waals surface area contributed by atoms with Gasteiger partial charge in [0.15, 0.2) is 0 Å². The van der Waals surface area contributed by atoms with Gasteiger partial charge in [-0.1, -0.05) is 15.9 Å². The second-order valence-electron chi connectivity index (χ2n) is 6.42. The lowest BCUT2D eigenvalue weighted by atomic mass is 10.1. The van der Waals surface area contributed by atoms with Gasteiger partial charge in [-0.15, -0.1) is 0 Å². The van der Waals surface area contributed by atoms with Gasteiger partial charge < -0.3 is 15.0 Å². The molecule has 2 rings (SSSR count). The van der Waals surface area contributed by atoms with Crippen molar-refractivity contribution in [2.45, 2.75) is 45.3 Å². The quantitative estimate of drug-likeness (QED) is 0.862. The summed E-state index contributed by atoms with van der Waals surface area (Å²) in [6.07, 6.45) is 1.84. The number of hydrogen-bond donors (Lipinski definition) is 1. The summed E-state index contributed by atoms with van der Waals surface area (Å²) < 4.78 is 6.51. The number of rotatable bonds is 2. The second-order valence-corrected chi connectivity index (χ2v) is 7.33. The zero-order valence-corrected chi connectivity index (χ0v) is 14.4. The van der Waals surface area contributed by atoms with Crippen molar-refractivity contribution in [1.82, 2.24) is 4.90 Å². The van der Waals surface area contributed by atoms with E-state index in [0.29, 0.717) is 6.54 Å². The molecule has 1 aromatic carbocycles. The van der Waals surface area contributed by atoms with Crippen LogP contribution in [0.1, 0.15) is 33.6 Å². The van der Waals surface area contributed by atoms with E-state index < -0.39 is 5.60 Å². The van der Waals surface area contributed by atoms with Crippen LogP contribution in [0.3, 0.4) is 0 Å². The standard InChI is InChI=1S/C16H23BrN2O2/c1-16(2,3)21-15(20)19-10-4-5-14(11-19)18-13-8-6-12(17)7-9-13/h6-9,14,18H,4-5,10-11H2,1-3H3/t14-/m1/s1. The zero-order chi connectivity index (χ0) is 15.5. The average Bonchev–Trinajstić information content (AvgIpc) is 2.40. The highest BCUT2D eigenvalue weighted by atomic mass is 79.9. The molecule has 5 heteroatoms. The predicted molar refractivity (Wildman–Crippen MR) is 88.6 cm³/mol. The first-order valence-electron chi connectivity index (χ1n) is 7.33. The Balaban J connectivity index is 1.91. The number of nitrogens with zero attached hydrogens (tertiary/aromatic N) is 1. The number of ether oxygens (including phenoxy) is 1. The molecule has 1 saturated heterocycles. The molecular formula is C16H23BrN2O2. The normalized spacial score (nSPS) is 19.2. The first kappa shape index (κ1) is 16.1. The molecule has 1 atom stereocenters. The number of likely N-dealkylation sites (tertiary alicyclic amines) is 1. The number of anilines is 1. The van der Waals surface area contributed by atoms with Crippen molar-refractivity contribution in [3.63, 3.8) is 0 Å². The Morgan fingerprint density at radius 3 is 2.62 bits per heavy atom. The summed E-state index contributed by atoms with van der Waals surface area (Å²) in [5, 5.41) is 3.49. The zero-order valence-electron chi connectivity index (χ0n) is 12.9. The summed E-state index contributed by atoms with van der Waals surface area (Å²) in [4.78, 5) is 13.9. The number of halogens is 1. The van der Waals surface area contributed by atoms with E-state index in [-0.39, 0.29) is 12.1 Å². The maximum Gasteiger partial charge on any atom is 0.410 e. The highest BCUT2D eigenvalue weighted by Gasteiger charge is 2.27. The van der Waals surface area contributed by atoms with Gasteiger partial charge in [-0.05, 0) is 57.9 Å². The van der Waals surface area contributed by atoms with Crippen molar-refractivity contribution in [1.29, 1.82) is 0 Å². The van der Waals surface area contributed by atoms with E-state index in [1.807, 2.05) is 45.0 Å². The third-order valence-electron chi connectivity index (χ3n) is 3.29. The van der Waals surface area contributed by atoms with Gasteiger partial charge in [0.25, 0.3) is 0 Å². The van der Waals surface area contributed by atoms with Gasteiger partial charge in [0, 0.05) is 29.3 Å². The largest absolute Gasteiger partial charge is 0.444 e. The van der Waals surface area contributed by atoms with Gasteiger partial charge >= 0.3 is 6.09 Å². The Bertz CT molecular complexity index is 482. The van der Waals surface area contributed by atoms with Crippen LogP contribution in [0, 0.1) is 0 Å². The molecule has 0 aliphatic carbocycles. The number of carbonyl (C=O) groups is 1. The molecular weight excluding hydrogens is 332 g/mol. The Morgan fingerprint density at radius 2 is 2.00 bits per heavy atom. The van der Waals surface area contributed by atoms with Crippen molar-refractivity contribution in [2.75, 3.05) is 18.4 Å². The lowest BCUT2D eigenvalue weighted by Gasteiger charge is -2.34. The highest BCUT2D eigenvalue weighted by Crippen LogP contribution is 2.20. The van der Waals surface area contributed by atoms with E-state index in [0.717, 1.165) is 29.5 Å². The van der Waals surface area contributed by atoms with E-state index in [1.54, 1.807) is 4.90 Å². The Labute approximate surface area is 135 Å². The van der Waals surface area contributed by atoms with E-state index in [2.05, 4.69) is 21.2 Å². The van der Waals surface area contributed by atoms with Crippen LogP contribution in [0.2, 0.25) is 0 Å².